The van der Waals surface area contributed by atoms with E-state index in [1.54, 1.807) is 0 Å². The van der Waals surface area contributed by atoms with Gasteiger partial charge in [0.2, 0.25) is 0 Å². The van der Waals surface area contributed by atoms with Crippen molar-refractivity contribution in [3.63, 3.8) is 0 Å². The van der Waals surface area contributed by atoms with Crippen LogP contribution in [0.15, 0.2) is 194 Å². The van der Waals surface area contributed by atoms with Crippen molar-refractivity contribution in [1.82, 2.24) is 19.5 Å². The van der Waals surface area contributed by atoms with Crippen molar-refractivity contribution in [1.29, 1.82) is 0 Å². The lowest BCUT2D eigenvalue weighted by atomic mass is 10.0. The summed E-state index contributed by atoms with van der Waals surface area (Å²) in [5.41, 5.74) is 6.29. The van der Waals surface area contributed by atoms with Crippen LogP contribution in [0.25, 0.3) is 125 Å². The molecule has 3 aromatic heterocycles. The molecule has 0 fully saturated rings. The monoisotopic (exact) mass is 780 g/mol. The molecule has 0 unspecified atom stereocenters. The van der Waals surface area contributed by atoms with Gasteiger partial charge in [0, 0.05) is 47.6 Å². The second-order valence-corrected chi connectivity index (χ2v) is 16.7. The molecule has 0 N–H and O–H groups in total. The molecule has 3 heterocycles. The highest BCUT2D eigenvalue weighted by molar-refractivity contribution is 7.26. The maximum Gasteiger partial charge on any atom is 0.164 e. The Kier molecular flexibility index (Phi) is 7.14. The van der Waals surface area contributed by atoms with Gasteiger partial charge in [0.15, 0.2) is 17.5 Å². The van der Waals surface area contributed by atoms with Gasteiger partial charge in [-0.2, -0.15) is 0 Å². The predicted octanol–water partition coefficient (Wildman–Crippen LogP) is 15.0. The number of rotatable bonds is 4. The third-order valence-electron chi connectivity index (χ3n) is 12.1. The van der Waals surface area contributed by atoms with Crippen LogP contribution in [0.4, 0.5) is 0 Å². The van der Waals surface area contributed by atoms with Crippen LogP contribution in [-0.4, -0.2) is 19.5 Å². The molecule has 5 heteroatoms. The van der Waals surface area contributed by atoms with Crippen molar-refractivity contribution >= 4 is 96.4 Å². The highest BCUT2D eigenvalue weighted by atomic mass is 32.1. The number of benzene rings is 10. The molecular weight excluding hydrogens is 749 g/mol. The minimum absolute atomic E-state index is 0.633. The minimum atomic E-state index is 0.633. The predicted molar refractivity (Wildman–Crippen MR) is 253 cm³/mol. The molecule has 10 aromatic carbocycles. The van der Waals surface area contributed by atoms with Gasteiger partial charge in [-0.1, -0.05) is 146 Å². The maximum atomic E-state index is 5.37. The Hall–Kier alpha value is -7.73. The molecule has 0 spiro atoms. The number of hydrogen-bond donors (Lipinski definition) is 0. The minimum Gasteiger partial charge on any atom is -0.308 e. The summed E-state index contributed by atoms with van der Waals surface area (Å²) in [5, 5.41) is 14.3. The van der Waals surface area contributed by atoms with Crippen LogP contribution in [0.1, 0.15) is 0 Å². The van der Waals surface area contributed by atoms with Crippen LogP contribution in [0.3, 0.4) is 0 Å². The smallest absolute Gasteiger partial charge is 0.164 e. The standard InChI is InChI=1S/C55H32N4S/c1-2-14-35-26-40(25-24-33(35)12-1)53-56-54(58-55(57-53)43-22-11-19-34-13-7-8-20-42(34)43)41-31-49(52-44-21-9-10-23-50(44)60-51(52)32-41)59-47-29-38-17-5-3-15-36(38)27-45(47)46-28-37-16-4-6-18-39(37)30-48(46)59/h1-32H. The van der Waals surface area contributed by atoms with Crippen LogP contribution in [0.2, 0.25) is 0 Å². The van der Waals surface area contributed by atoms with Gasteiger partial charge in [-0.15, -0.1) is 11.3 Å². The van der Waals surface area contributed by atoms with Crippen molar-refractivity contribution in [2.24, 2.45) is 0 Å². The summed E-state index contributed by atoms with van der Waals surface area (Å²) in [4.78, 5) is 16.0. The second-order valence-electron chi connectivity index (χ2n) is 15.6. The van der Waals surface area contributed by atoms with Gasteiger partial charge >= 0.3 is 0 Å². The molecular formula is C55H32N4S. The van der Waals surface area contributed by atoms with E-state index in [1.165, 1.54) is 57.9 Å². The first kappa shape index (κ1) is 33.3. The highest BCUT2D eigenvalue weighted by Crippen LogP contribution is 2.45. The van der Waals surface area contributed by atoms with Crippen molar-refractivity contribution in [2.45, 2.75) is 0 Å². The van der Waals surface area contributed by atoms with Crippen LogP contribution in [0, 0.1) is 0 Å². The van der Waals surface area contributed by atoms with E-state index in [4.69, 9.17) is 15.0 Å². The van der Waals surface area contributed by atoms with E-state index in [-0.39, 0.29) is 0 Å². The Labute approximate surface area is 348 Å². The van der Waals surface area contributed by atoms with Crippen molar-refractivity contribution in [3.05, 3.63) is 194 Å². The van der Waals surface area contributed by atoms with Gasteiger partial charge in [0.25, 0.3) is 0 Å². The lowest BCUT2D eigenvalue weighted by Crippen LogP contribution is -2.02. The lowest BCUT2D eigenvalue weighted by Gasteiger charge is -2.14. The van der Waals surface area contributed by atoms with Gasteiger partial charge in [-0.3, -0.25) is 0 Å². The van der Waals surface area contributed by atoms with Crippen LogP contribution >= 0.6 is 11.3 Å². The molecule has 0 amide bonds. The first-order valence-corrected chi connectivity index (χ1v) is 21.1. The van der Waals surface area contributed by atoms with E-state index >= 15 is 0 Å². The van der Waals surface area contributed by atoms with E-state index in [1.807, 2.05) is 11.3 Å². The summed E-state index contributed by atoms with van der Waals surface area (Å²) in [7, 11) is 0. The first-order valence-electron chi connectivity index (χ1n) is 20.3. The topological polar surface area (TPSA) is 43.6 Å². The van der Waals surface area contributed by atoms with Crippen molar-refractivity contribution < 1.29 is 0 Å². The van der Waals surface area contributed by atoms with Crippen molar-refractivity contribution in [2.75, 3.05) is 0 Å². The third kappa shape index (κ3) is 5.13. The molecule has 278 valence electrons. The van der Waals surface area contributed by atoms with Gasteiger partial charge < -0.3 is 4.57 Å². The zero-order chi connectivity index (χ0) is 39.3. The second kappa shape index (κ2) is 12.9. The van der Waals surface area contributed by atoms with E-state index < -0.39 is 0 Å². The fourth-order valence-electron chi connectivity index (χ4n) is 9.29. The zero-order valence-corrected chi connectivity index (χ0v) is 33.0. The summed E-state index contributed by atoms with van der Waals surface area (Å²) in [6, 6.07) is 69.9. The zero-order valence-electron chi connectivity index (χ0n) is 32.2. The van der Waals surface area contributed by atoms with E-state index in [0.29, 0.717) is 17.5 Å². The van der Waals surface area contributed by atoms with Crippen LogP contribution in [0.5, 0.6) is 0 Å². The molecule has 13 aromatic rings. The third-order valence-corrected chi connectivity index (χ3v) is 13.2. The van der Waals surface area contributed by atoms with E-state index in [2.05, 4.69) is 199 Å². The molecule has 0 radical (unpaired) electrons. The van der Waals surface area contributed by atoms with Gasteiger partial charge in [0.05, 0.1) is 16.7 Å². The average Bonchev–Trinajstić information content (AvgIpc) is 3.84. The molecule has 0 saturated carbocycles. The summed E-state index contributed by atoms with van der Waals surface area (Å²) < 4.78 is 4.91. The Morgan fingerprint density at radius 1 is 0.333 bits per heavy atom. The average molecular weight is 781 g/mol. The number of hydrogen-bond acceptors (Lipinski definition) is 4. The molecule has 0 bridgehead atoms. The van der Waals surface area contributed by atoms with Gasteiger partial charge in [-0.05, 0) is 91.6 Å². The quantitative estimate of drug-likeness (QED) is 0.179. The normalized spacial score (nSPS) is 12.0. The van der Waals surface area contributed by atoms with E-state index in [0.717, 1.165) is 49.6 Å². The summed E-state index contributed by atoms with van der Waals surface area (Å²) in [5.74, 6) is 1.92. The molecule has 0 atom stereocenters. The fourth-order valence-corrected chi connectivity index (χ4v) is 10.5. The largest absolute Gasteiger partial charge is 0.308 e. The number of aromatic nitrogens is 4. The van der Waals surface area contributed by atoms with Crippen LogP contribution in [-0.2, 0) is 0 Å². The summed E-state index contributed by atoms with van der Waals surface area (Å²) in [6.45, 7) is 0. The van der Waals surface area contributed by atoms with Crippen LogP contribution < -0.4 is 0 Å². The molecule has 4 nitrogen and oxygen atoms in total. The Bertz CT molecular complexity index is 3820. The van der Waals surface area contributed by atoms with Crippen molar-refractivity contribution in [3.8, 4) is 39.9 Å². The first-order chi connectivity index (χ1) is 29.7. The lowest BCUT2D eigenvalue weighted by molar-refractivity contribution is 1.08. The maximum absolute atomic E-state index is 5.37. The molecule has 60 heavy (non-hydrogen) atoms. The fraction of sp³-hybridized carbons (Fsp3) is 0. The van der Waals surface area contributed by atoms with Gasteiger partial charge in [0.1, 0.15) is 0 Å². The molecule has 0 aliphatic heterocycles. The Morgan fingerprint density at radius 2 is 0.867 bits per heavy atom. The molecule has 0 aliphatic carbocycles. The number of fused-ring (bicyclic) bond motifs is 10. The van der Waals surface area contributed by atoms with E-state index in [9.17, 15) is 0 Å². The summed E-state index contributed by atoms with van der Waals surface area (Å²) in [6.07, 6.45) is 0. The molecule has 0 saturated heterocycles. The number of thiophene rings is 1. The summed E-state index contributed by atoms with van der Waals surface area (Å²) >= 11 is 1.82. The SMILES string of the molecule is c1ccc2cc(-c3nc(-c4cc(-n5c6cc7ccccc7cc6c6cc7ccccc7cc65)c5c(c4)sc4ccccc45)nc(-c4cccc5ccccc45)n3)ccc2c1. The Balaban J connectivity index is 1.15. The number of nitrogens with zero attached hydrogens (tertiary/aromatic N) is 4. The van der Waals surface area contributed by atoms with Gasteiger partial charge in [-0.25, -0.2) is 15.0 Å². The Morgan fingerprint density at radius 3 is 1.57 bits per heavy atom. The molecule has 0 aliphatic rings. The molecule has 13 rings (SSSR count). The highest BCUT2D eigenvalue weighted by Gasteiger charge is 2.22.